The lowest BCUT2D eigenvalue weighted by Gasteiger charge is -2.06. The minimum Gasteiger partial charge on any atom is -0.386 e. The Morgan fingerprint density at radius 2 is 1.14 bits per heavy atom. The lowest BCUT2D eigenvalue weighted by Crippen LogP contribution is -2.27. The SMILES string of the molecule is CN=C(N)C(C)N=NC(C)C(N)=NC. The van der Waals surface area contributed by atoms with Gasteiger partial charge in [0.05, 0.1) is 0 Å². The topological polar surface area (TPSA) is 101 Å². The minimum absolute atomic E-state index is 0.216. The van der Waals surface area contributed by atoms with Crippen molar-refractivity contribution in [1.29, 1.82) is 0 Å². The summed E-state index contributed by atoms with van der Waals surface area (Å²) in [5.74, 6) is 0.904. The van der Waals surface area contributed by atoms with Crippen LogP contribution in [0.2, 0.25) is 0 Å². The van der Waals surface area contributed by atoms with Gasteiger partial charge in [0.25, 0.3) is 0 Å². The average Bonchev–Trinajstić information content (AvgIpc) is 2.22. The summed E-state index contributed by atoms with van der Waals surface area (Å²) in [7, 11) is 3.24. The largest absolute Gasteiger partial charge is 0.386 e. The summed E-state index contributed by atoms with van der Waals surface area (Å²) in [6, 6.07) is -0.431. The molecule has 0 saturated heterocycles. The summed E-state index contributed by atoms with van der Waals surface area (Å²) in [6.45, 7) is 3.63. The first-order chi connectivity index (χ1) is 6.52. The molecule has 0 aromatic heterocycles. The predicted molar refractivity (Wildman–Crippen MR) is 58.9 cm³/mol. The number of nitrogens with two attached hydrogens (primary N) is 2. The van der Waals surface area contributed by atoms with Crippen LogP contribution in [0.3, 0.4) is 0 Å². The Bertz CT molecular complexity index is 229. The molecule has 80 valence electrons. The van der Waals surface area contributed by atoms with Gasteiger partial charge in [0.2, 0.25) is 0 Å². The second kappa shape index (κ2) is 6.06. The van der Waals surface area contributed by atoms with Gasteiger partial charge in [-0.25, -0.2) is 0 Å². The molecule has 14 heavy (non-hydrogen) atoms. The summed E-state index contributed by atoms with van der Waals surface area (Å²) in [4.78, 5) is 7.62. The molecule has 0 aromatic rings. The van der Waals surface area contributed by atoms with Gasteiger partial charge in [0, 0.05) is 14.1 Å². The van der Waals surface area contributed by atoms with E-state index in [1.54, 1.807) is 14.1 Å². The zero-order valence-corrected chi connectivity index (χ0v) is 9.10. The second-order valence-corrected chi connectivity index (χ2v) is 2.88. The van der Waals surface area contributed by atoms with E-state index in [4.69, 9.17) is 11.5 Å². The van der Waals surface area contributed by atoms with E-state index in [1.165, 1.54) is 0 Å². The highest BCUT2D eigenvalue weighted by Gasteiger charge is 2.06. The molecule has 0 fully saturated rings. The van der Waals surface area contributed by atoms with Crippen molar-refractivity contribution in [3.05, 3.63) is 0 Å². The predicted octanol–water partition coefficient (Wildman–Crippen LogP) is 0.190. The molecule has 4 N–H and O–H groups in total. The van der Waals surface area contributed by atoms with Crippen molar-refractivity contribution in [1.82, 2.24) is 0 Å². The smallest absolute Gasteiger partial charge is 0.125 e. The average molecular weight is 198 g/mol. The van der Waals surface area contributed by atoms with Crippen LogP contribution in [0.15, 0.2) is 20.2 Å². The zero-order chi connectivity index (χ0) is 11.1. The van der Waals surface area contributed by atoms with Crippen molar-refractivity contribution in [2.45, 2.75) is 25.9 Å². The van der Waals surface area contributed by atoms with E-state index in [2.05, 4.69) is 20.2 Å². The van der Waals surface area contributed by atoms with Crippen LogP contribution in [0.25, 0.3) is 0 Å². The van der Waals surface area contributed by atoms with Gasteiger partial charge in [-0.15, -0.1) is 0 Å². The Hall–Kier alpha value is -1.46. The van der Waals surface area contributed by atoms with Crippen molar-refractivity contribution in [3.8, 4) is 0 Å². The lowest BCUT2D eigenvalue weighted by molar-refractivity contribution is 0.776. The molecule has 0 amide bonds. The minimum atomic E-state index is -0.216. The van der Waals surface area contributed by atoms with Crippen molar-refractivity contribution >= 4 is 11.7 Å². The Morgan fingerprint density at radius 3 is 1.36 bits per heavy atom. The van der Waals surface area contributed by atoms with Gasteiger partial charge in [-0.3, -0.25) is 9.98 Å². The standard InChI is InChI=1S/C8H18N6/c1-5(7(9)11-3)13-14-6(2)8(10)12-4/h5-6H,1-4H3,(H2,9,11)(H2,10,12). The Kier molecular flexibility index (Phi) is 5.43. The summed E-state index contributed by atoms with van der Waals surface area (Å²) in [5.41, 5.74) is 11.1. The Labute approximate surface area is 84.2 Å². The molecule has 6 heteroatoms. The van der Waals surface area contributed by atoms with Crippen molar-refractivity contribution < 1.29 is 0 Å². The number of nitrogens with zero attached hydrogens (tertiary/aromatic N) is 4. The fourth-order valence-corrected chi connectivity index (χ4v) is 0.692. The molecule has 6 nitrogen and oxygen atoms in total. The van der Waals surface area contributed by atoms with Gasteiger partial charge in [-0.05, 0) is 13.8 Å². The maximum absolute atomic E-state index is 5.55. The fraction of sp³-hybridized carbons (Fsp3) is 0.750. The van der Waals surface area contributed by atoms with Crippen LogP contribution in [-0.4, -0.2) is 37.9 Å². The normalized spacial score (nSPS) is 18.6. The molecule has 0 rings (SSSR count). The van der Waals surface area contributed by atoms with Crippen molar-refractivity contribution in [2.75, 3.05) is 14.1 Å². The zero-order valence-electron chi connectivity index (χ0n) is 9.10. The molecule has 0 aliphatic heterocycles. The van der Waals surface area contributed by atoms with E-state index in [0.29, 0.717) is 11.7 Å². The maximum Gasteiger partial charge on any atom is 0.125 e. The van der Waals surface area contributed by atoms with Gasteiger partial charge in [0.15, 0.2) is 0 Å². The van der Waals surface area contributed by atoms with Crippen LogP contribution in [0, 0.1) is 0 Å². The van der Waals surface area contributed by atoms with Gasteiger partial charge >= 0.3 is 0 Å². The third kappa shape index (κ3) is 3.97. The van der Waals surface area contributed by atoms with Crippen LogP contribution < -0.4 is 11.5 Å². The van der Waals surface area contributed by atoms with Gasteiger partial charge in [-0.2, -0.15) is 10.2 Å². The van der Waals surface area contributed by atoms with Crippen LogP contribution in [-0.2, 0) is 0 Å². The number of azo groups is 1. The molecule has 0 heterocycles. The lowest BCUT2D eigenvalue weighted by atomic mass is 10.3. The number of hydrogen-bond donors (Lipinski definition) is 2. The van der Waals surface area contributed by atoms with Crippen LogP contribution >= 0.6 is 0 Å². The molecule has 0 radical (unpaired) electrons. The summed E-state index contributed by atoms with van der Waals surface area (Å²) in [5, 5.41) is 7.94. The monoisotopic (exact) mass is 198 g/mol. The molecule has 0 spiro atoms. The first kappa shape index (κ1) is 12.5. The number of hydrogen-bond acceptors (Lipinski definition) is 4. The molecule has 0 bridgehead atoms. The maximum atomic E-state index is 5.55. The third-order valence-corrected chi connectivity index (χ3v) is 1.79. The van der Waals surface area contributed by atoms with E-state index < -0.39 is 0 Å². The highest BCUT2D eigenvalue weighted by molar-refractivity contribution is 5.86. The van der Waals surface area contributed by atoms with Crippen molar-refractivity contribution in [2.24, 2.45) is 31.7 Å². The van der Waals surface area contributed by atoms with Crippen molar-refractivity contribution in [3.63, 3.8) is 0 Å². The molecule has 2 unspecified atom stereocenters. The number of aliphatic imine (C=N–C) groups is 2. The molecule has 0 saturated carbocycles. The van der Waals surface area contributed by atoms with E-state index in [9.17, 15) is 0 Å². The van der Waals surface area contributed by atoms with E-state index in [0.717, 1.165) is 0 Å². The van der Waals surface area contributed by atoms with E-state index in [1.807, 2.05) is 13.8 Å². The molecule has 2 atom stereocenters. The first-order valence-corrected chi connectivity index (χ1v) is 4.37. The molecular weight excluding hydrogens is 180 g/mol. The third-order valence-electron chi connectivity index (χ3n) is 1.79. The van der Waals surface area contributed by atoms with Crippen LogP contribution in [0.4, 0.5) is 0 Å². The van der Waals surface area contributed by atoms with Gasteiger partial charge < -0.3 is 11.5 Å². The molecule has 0 aliphatic rings. The molecular formula is C8H18N6. The highest BCUT2D eigenvalue weighted by Crippen LogP contribution is 1.96. The summed E-state index contributed by atoms with van der Waals surface area (Å²) >= 11 is 0. The number of rotatable bonds is 4. The van der Waals surface area contributed by atoms with Gasteiger partial charge in [0.1, 0.15) is 23.8 Å². The first-order valence-electron chi connectivity index (χ1n) is 4.37. The van der Waals surface area contributed by atoms with Crippen LogP contribution in [0.5, 0.6) is 0 Å². The van der Waals surface area contributed by atoms with E-state index in [-0.39, 0.29) is 12.1 Å². The fourth-order valence-electron chi connectivity index (χ4n) is 0.692. The highest BCUT2D eigenvalue weighted by atomic mass is 15.2. The molecule has 0 aromatic carbocycles. The van der Waals surface area contributed by atoms with E-state index >= 15 is 0 Å². The summed E-state index contributed by atoms with van der Waals surface area (Å²) < 4.78 is 0. The number of amidine groups is 2. The quantitative estimate of drug-likeness (QED) is 0.382. The second-order valence-electron chi connectivity index (χ2n) is 2.88. The summed E-state index contributed by atoms with van der Waals surface area (Å²) in [6.07, 6.45) is 0. The Morgan fingerprint density at radius 1 is 0.857 bits per heavy atom. The molecule has 0 aliphatic carbocycles. The van der Waals surface area contributed by atoms with Gasteiger partial charge in [-0.1, -0.05) is 0 Å². The Balaban J connectivity index is 4.31. The van der Waals surface area contributed by atoms with Crippen LogP contribution in [0.1, 0.15) is 13.8 Å².